The van der Waals surface area contributed by atoms with Gasteiger partial charge in [-0.2, -0.15) is 0 Å². The Morgan fingerprint density at radius 3 is 2.65 bits per heavy atom. The summed E-state index contributed by atoms with van der Waals surface area (Å²) in [6, 6.07) is 18.4. The highest BCUT2D eigenvalue weighted by molar-refractivity contribution is 5.69. The van der Waals surface area contributed by atoms with E-state index in [0.29, 0.717) is 23.9 Å². The lowest BCUT2D eigenvalue weighted by Crippen LogP contribution is -2.02. The maximum atomic E-state index is 11.8. The molecule has 2 heterocycles. The molecular formula is C21H16O5. The van der Waals surface area contributed by atoms with Crippen LogP contribution >= 0.6 is 0 Å². The molecule has 5 heteroatoms. The van der Waals surface area contributed by atoms with Gasteiger partial charge < -0.3 is 18.6 Å². The van der Waals surface area contributed by atoms with E-state index in [1.807, 2.05) is 54.6 Å². The van der Waals surface area contributed by atoms with Gasteiger partial charge in [0.15, 0.2) is 11.5 Å². The highest BCUT2D eigenvalue weighted by atomic mass is 16.7. The summed E-state index contributed by atoms with van der Waals surface area (Å²) >= 11 is 0. The summed E-state index contributed by atoms with van der Waals surface area (Å²) in [6.45, 7) is 0.619. The molecule has 1 aliphatic rings. The van der Waals surface area contributed by atoms with Crippen LogP contribution in [0.5, 0.6) is 17.2 Å². The summed E-state index contributed by atoms with van der Waals surface area (Å²) in [6.07, 6.45) is 3.55. The Morgan fingerprint density at radius 2 is 1.77 bits per heavy atom. The summed E-state index contributed by atoms with van der Waals surface area (Å²) in [5, 5.41) is 0. The standard InChI is InChI=1S/C21H16O5/c22-21-12-18(23-13-16-4-2-1-3-5-16)11-17(26-21)8-6-15-7-9-19-20(10-15)25-14-24-19/h1-12H,13-14H2/b8-6+. The average Bonchev–Trinajstić information content (AvgIpc) is 3.13. The van der Waals surface area contributed by atoms with E-state index in [4.69, 9.17) is 18.6 Å². The zero-order valence-corrected chi connectivity index (χ0v) is 13.9. The van der Waals surface area contributed by atoms with Crippen molar-refractivity contribution in [2.24, 2.45) is 0 Å². The van der Waals surface area contributed by atoms with Crippen LogP contribution in [0, 0.1) is 0 Å². The van der Waals surface area contributed by atoms with E-state index >= 15 is 0 Å². The van der Waals surface area contributed by atoms with Crippen LogP contribution in [0.3, 0.4) is 0 Å². The molecular weight excluding hydrogens is 332 g/mol. The van der Waals surface area contributed by atoms with Crippen molar-refractivity contribution in [3.05, 3.63) is 88.0 Å². The molecule has 26 heavy (non-hydrogen) atoms. The highest BCUT2D eigenvalue weighted by Gasteiger charge is 2.12. The van der Waals surface area contributed by atoms with Gasteiger partial charge in [-0.05, 0) is 29.3 Å². The van der Waals surface area contributed by atoms with E-state index in [-0.39, 0.29) is 6.79 Å². The number of ether oxygens (including phenoxy) is 3. The Labute approximate surface area is 150 Å². The van der Waals surface area contributed by atoms with Crippen molar-refractivity contribution >= 4 is 12.2 Å². The van der Waals surface area contributed by atoms with Gasteiger partial charge in [0.25, 0.3) is 0 Å². The molecule has 0 unspecified atom stereocenters. The van der Waals surface area contributed by atoms with E-state index < -0.39 is 5.63 Å². The van der Waals surface area contributed by atoms with E-state index in [2.05, 4.69) is 0 Å². The van der Waals surface area contributed by atoms with Gasteiger partial charge in [-0.3, -0.25) is 0 Å². The SMILES string of the molecule is O=c1cc(OCc2ccccc2)cc(/C=C/c2ccc3c(c2)OCO3)o1. The zero-order chi connectivity index (χ0) is 17.8. The van der Waals surface area contributed by atoms with Gasteiger partial charge in [-0.1, -0.05) is 42.5 Å². The molecule has 3 aromatic rings. The van der Waals surface area contributed by atoms with Gasteiger partial charge in [-0.15, -0.1) is 0 Å². The lowest BCUT2D eigenvalue weighted by Gasteiger charge is -2.06. The second-order valence-electron chi connectivity index (χ2n) is 5.73. The summed E-state index contributed by atoms with van der Waals surface area (Å²) < 4.78 is 21.5. The Morgan fingerprint density at radius 1 is 0.923 bits per heavy atom. The highest BCUT2D eigenvalue weighted by Crippen LogP contribution is 2.33. The first-order valence-corrected chi connectivity index (χ1v) is 8.16. The lowest BCUT2D eigenvalue weighted by atomic mass is 10.2. The number of fused-ring (bicyclic) bond motifs is 1. The largest absolute Gasteiger partial charge is 0.488 e. The van der Waals surface area contributed by atoms with Gasteiger partial charge in [0.05, 0.1) is 6.07 Å². The number of hydrogen-bond acceptors (Lipinski definition) is 5. The predicted octanol–water partition coefficient (Wildman–Crippen LogP) is 4.12. The van der Waals surface area contributed by atoms with Gasteiger partial charge in [0, 0.05) is 6.07 Å². The average molecular weight is 348 g/mol. The fourth-order valence-electron chi connectivity index (χ4n) is 2.57. The summed E-state index contributed by atoms with van der Waals surface area (Å²) in [7, 11) is 0. The van der Waals surface area contributed by atoms with Gasteiger partial charge in [0.1, 0.15) is 18.1 Å². The predicted molar refractivity (Wildman–Crippen MR) is 97.2 cm³/mol. The summed E-state index contributed by atoms with van der Waals surface area (Å²) in [4.78, 5) is 11.8. The number of hydrogen-bond donors (Lipinski definition) is 0. The smallest absolute Gasteiger partial charge is 0.339 e. The van der Waals surface area contributed by atoms with E-state index in [1.165, 1.54) is 6.07 Å². The molecule has 0 fully saturated rings. The van der Waals surface area contributed by atoms with Crippen molar-refractivity contribution in [2.75, 3.05) is 6.79 Å². The first kappa shape index (κ1) is 16.0. The fourth-order valence-corrected chi connectivity index (χ4v) is 2.57. The molecule has 0 aliphatic carbocycles. The van der Waals surface area contributed by atoms with Crippen LogP contribution in [0.4, 0.5) is 0 Å². The van der Waals surface area contributed by atoms with Crippen LogP contribution in [0.1, 0.15) is 16.9 Å². The molecule has 130 valence electrons. The Hall–Kier alpha value is -3.47. The quantitative estimate of drug-likeness (QED) is 0.694. The Kier molecular flexibility index (Phi) is 4.43. The second kappa shape index (κ2) is 7.19. The molecule has 0 N–H and O–H groups in total. The molecule has 5 nitrogen and oxygen atoms in total. The van der Waals surface area contributed by atoms with Crippen molar-refractivity contribution in [3.63, 3.8) is 0 Å². The van der Waals surface area contributed by atoms with Crippen molar-refractivity contribution in [3.8, 4) is 17.2 Å². The maximum absolute atomic E-state index is 11.8. The zero-order valence-electron chi connectivity index (χ0n) is 13.9. The molecule has 1 aromatic heterocycles. The third-order valence-electron chi connectivity index (χ3n) is 3.85. The molecule has 2 aromatic carbocycles. The minimum absolute atomic E-state index is 0.234. The normalized spacial score (nSPS) is 12.5. The monoisotopic (exact) mass is 348 g/mol. The molecule has 0 spiro atoms. The second-order valence-corrected chi connectivity index (χ2v) is 5.73. The summed E-state index contributed by atoms with van der Waals surface area (Å²) in [5.41, 5.74) is 1.48. The van der Waals surface area contributed by atoms with Crippen LogP contribution < -0.4 is 19.8 Å². The number of benzene rings is 2. The van der Waals surface area contributed by atoms with Gasteiger partial charge in [0.2, 0.25) is 6.79 Å². The molecule has 0 amide bonds. The Bertz CT molecular complexity index is 989. The molecule has 0 radical (unpaired) electrons. The van der Waals surface area contributed by atoms with E-state index in [0.717, 1.165) is 16.9 Å². The first-order valence-electron chi connectivity index (χ1n) is 8.16. The minimum Gasteiger partial charge on any atom is -0.488 e. The molecule has 0 atom stereocenters. The summed E-state index contributed by atoms with van der Waals surface area (Å²) in [5.74, 6) is 2.31. The maximum Gasteiger partial charge on any atom is 0.339 e. The van der Waals surface area contributed by atoms with E-state index in [1.54, 1.807) is 12.1 Å². The van der Waals surface area contributed by atoms with Gasteiger partial charge in [-0.25, -0.2) is 4.79 Å². The van der Waals surface area contributed by atoms with Crippen molar-refractivity contribution in [1.82, 2.24) is 0 Å². The first-order chi connectivity index (χ1) is 12.8. The molecule has 1 aliphatic heterocycles. The van der Waals surface area contributed by atoms with Crippen molar-refractivity contribution < 1.29 is 18.6 Å². The van der Waals surface area contributed by atoms with Crippen LogP contribution in [0.25, 0.3) is 12.2 Å². The topological polar surface area (TPSA) is 57.9 Å². The minimum atomic E-state index is -0.458. The van der Waals surface area contributed by atoms with Crippen LogP contribution in [-0.2, 0) is 6.61 Å². The van der Waals surface area contributed by atoms with Crippen molar-refractivity contribution in [1.29, 1.82) is 0 Å². The van der Waals surface area contributed by atoms with E-state index in [9.17, 15) is 4.79 Å². The van der Waals surface area contributed by atoms with Gasteiger partial charge >= 0.3 is 5.63 Å². The molecule has 0 bridgehead atoms. The lowest BCUT2D eigenvalue weighted by molar-refractivity contribution is 0.174. The molecule has 0 saturated heterocycles. The van der Waals surface area contributed by atoms with Crippen molar-refractivity contribution in [2.45, 2.75) is 6.61 Å². The van der Waals surface area contributed by atoms with Crippen LogP contribution in [0.15, 0.2) is 69.9 Å². The fraction of sp³-hybridized carbons (Fsp3) is 0.0952. The van der Waals surface area contributed by atoms with Crippen LogP contribution in [-0.4, -0.2) is 6.79 Å². The third-order valence-corrected chi connectivity index (χ3v) is 3.85. The molecule has 0 saturated carbocycles. The Balaban J connectivity index is 1.49. The molecule has 4 rings (SSSR count). The number of rotatable bonds is 5. The third kappa shape index (κ3) is 3.78. The van der Waals surface area contributed by atoms with Crippen LogP contribution in [0.2, 0.25) is 0 Å².